The molecule has 0 unspecified atom stereocenters. The van der Waals surface area contributed by atoms with Crippen LogP contribution in [-0.4, -0.2) is 42.6 Å². The van der Waals surface area contributed by atoms with Gasteiger partial charge in [-0.25, -0.2) is 4.99 Å². The topological polar surface area (TPSA) is 50.6 Å². The van der Waals surface area contributed by atoms with Crippen molar-refractivity contribution in [2.45, 2.75) is 0 Å². The summed E-state index contributed by atoms with van der Waals surface area (Å²) in [6.45, 7) is 0. The van der Waals surface area contributed by atoms with Crippen LogP contribution in [0.1, 0.15) is 0 Å². The minimum Gasteiger partial charge on any atom is -0.480 e. The monoisotopic (exact) mass is 180 g/mol. The number of nitrogens with zero attached hydrogens (tertiary/aromatic N) is 4. The fraction of sp³-hybridized carbons (Fsp3) is 0.375. The van der Waals surface area contributed by atoms with E-state index in [1.165, 1.54) is 0 Å². The minimum atomic E-state index is 0.490. The summed E-state index contributed by atoms with van der Waals surface area (Å²) in [7, 11) is 5.33. The van der Waals surface area contributed by atoms with Gasteiger partial charge in [0, 0.05) is 20.2 Å². The van der Waals surface area contributed by atoms with Gasteiger partial charge in [0.2, 0.25) is 5.88 Å². The Morgan fingerprint density at radius 2 is 2.15 bits per heavy atom. The highest BCUT2D eigenvalue weighted by molar-refractivity contribution is 5.58. The SMILES string of the molecule is COc1ccc(N=CN(C)C)nn1. The van der Waals surface area contributed by atoms with E-state index in [0.717, 1.165) is 0 Å². The smallest absolute Gasteiger partial charge is 0.233 e. The van der Waals surface area contributed by atoms with Crippen molar-refractivity contribution >= 4 is 12.2 Å². The van der Waals surface area contributed by atoms with Crippen LogP contribution in [0.4, 0.5) is 5.82 Å². The standard InChI is InChI=1S/C8H12N4O/c1-12(2)6-9-7-4-5-8(13-3)11-10-7/h4-6H,1-3H3. The summed E-state index contributed by atoms with van der Waals surface area (Å²) in [6, 6.07) is 3.46. The Balaban J connectivity index is 2.69. The van der Waals surface area contributed by atoms with Crippen LogP contribution in [0.25, 0.3) is 0 Å². The lowest BCUT2D eigenvalue weighted by atomic mass is 10.5. The molecule has 1 aromatic heterocycles. The Morgan fingerprint density at radius 3 is 2.62 bits per heavy atom. The predicted molar refractivity (Wildman–Crippen MR) is 50.4 cm³/mol. The zero-order valence-corrected chi connectivity index (χ0v) is 7.93. The number of aromatic nitrogens is 2. The molecule has 5 nitrogen and oxygen atoms in total. The molecule has 13 heavy (non-hydrogen) atoms. The van der Waals surface area contributed by atoms with Crippen molar-refractivity contribution in [3.8, 4) is 5.88 Å². The van der Waals surface area contributed by atoms with E-state index in [4.69, 9.17) is 4.74 Å². The lowest BCUT2D eigenvalue weighted by Crippen LogP contribution is -2.07. The summed E-state index contributed by atoms with van der Waals surface area (Å²) in [5.41, 5.74) is 0. The summed E-state index contributed by atoms with van der Waals surface area (Å²) in [4.78, 5) is 5.88. The van der Waals surface area contributed by atoms with E-state index >= 15 is 0 Å². The highest BCUT2D eigenvalue weighted by Crippen LogP contribution is 2.09. The molecule has 0 atom stereocenters. The van der Waals surface area contributed by atoms with Gasteiger partial charge in [0.25, 0.3) is 0 Å². The van der Waals surface area contributed by atoms with Crippen molar-refractivity contribution in [1.29, 1.82) is 0 Å². The van der Waals surface area contributed by atoms with Gasteiger partial charge in [-0.3, -0.25) is 0 Å². The van der Waals surface area contributed by atoms with E-state index in [1.807, 2.05) is 19.0 Å². The van der Waals surface area contributed by atoms with Crippen molar-refractivity contribution in [2.24, 2.45) is 4.99 Å². The molecule has 1 heterocycles. The van der Waals surface area contributed by atoms with Crippen LogP contribution in [0, 0.1) is 0 Å². The van der Waals surface area contributed by atoms with Crippen molar-refractivity contribution in [2.75, 3.05) is 21.2 Å². The maximum atomic E-state index is 4.86. The number of rotatable bonds is 3. The first-order valence-corrected chi connectivity index (χ1v) is 3.80. The Hall–Kier alpha value is -1.65. The Morgan fingerprint density at radius 1 is 1.38 bits per heavy atom. The van der Waals surface area contributed by atoms with Crippen molar-refractivity contribution in [3.05, 3.63) is 12.1 Å². The van der Waals surface area contributed by atoms with Crippen LogP contribution >= 0.6 is 0 Å². The fourth-order valence-electron chi connectivity index (χ4n) is 0.665. The van der Waals surface area contributed by atoms with Gasteiger partial charge in [0.1, 0.15) is 0 Å². The first-order chi connectivity index (χ1) is 6.22. The summed E-state index contributed by atoms with van der Waals surface area (Å²) >= 11 is 0. The van der Waals surface area contributed by atoms with E-state index in [2.05, 4.69) is 15.2 Å². The fourth-order valence-corrected chi connectivity index (χ4v) is 0.665. The molecule has 0 fully saturated rings. The molecule has 1 aromatic rings. The highest BCUT2D eigenvalue weighted by Gasteiger charge is 1.93. The maximum absolute atomic E-state index is 4.86. The minimum absolute atomic E-state index is 0.490. The predicted octanol–water partition coefficient (Wildman–Crippen LogP) is 0.707. The van der Waals surface area contributed by atoms with Crippen LogP contribution in [0.2, 0.25) is 0 Å². The molecule has 0 aliphatic carbocycles. The summed E-state index contributed by atoms with van der Waals surface area (Å²) in [5, 5.41) is 7.59. The molecule has 5 heteroatoms. The van der Waals surface area contributed by atoms with Gasteiger partial charge < -0.3 is 9.64 Å². The van der Waals surface area contributed by atoms with Gasteiger partial charge >= 0.3 is 0 Å². The number of methoxy groups -OCH3 is 1. The number of aliphatic imine (C=N–C) groups is 1. The van der Waals surface area contributed by atoms with Gasteiger partial charge in [-0.1, -0.05) is 0 Å². The third kappa shape index (κ3) is 3.06. The van der Waals surface area contributed by atoms with Crippen LogP contribution in [0.15, 0.2) is 17.1 Å². The lowest BCUT2D eigenvalue weighted by molar-refractivity contribution is 0.392. The molecule has 0 bridgehead atoms. The lowest BCUT2D eigenvalue weighted by Gasteiger charge is -2.01. The Kier molecular flexibility index (Phi) is 3.19. The van der Waals surface area contributed by atoms with Gasteiger partial charge in [-0.15, -0.1) is 10.2 Å². The van der Waals surface area contributed by atoms with E-state index in [0.29, 0.717) is 11.7 Å². The average Bonchev–Trinajstić information content (AvgIpc) is 2.15. The van der Waals surface area contributed by atoms with Crippen molar-refractivity contribution < 1.29 is 4.74 Å². The molecule has 0 saturated heterocycles. The van der Waals surface area contributed by atoms with E-state index < -0.39 is 0 Å². The first kappa shape index (κ1) is 9.44. The van der Waals surface area contributed by atoms with Crippen LogP contribution < -0.4 is 4.74 Å². The van der Waals surface area contributed by atoms with Crippen LogP contribution in [0.5, 0.6) is 5.88 Å². The Bertz CT molecular complexity index is 281. The first-order valence-electron chi connectivity index (χ1n) is 3.80. The van der Waals surface area contributed by atoms with Gasteiger partial charge in [-0.2, -0.15) is 0 Å². The summed E-state index contributed by atoms with van der Waals surface area (Å²) in [6.07, 6.45) is 1.66. The highest BCUT2D eigenvalue weighted by atomic mass is 16.5. The summed E-state index contributed by atoms with van der Waals surface area (Å²) in [5.74, 6) is 1.05. The third-order valence-electron chi connectivity index (χ3n) is 1.26. The molecule has 0 saturated carbocycles. The zero-order valence-electron chi connectivity index (χ0n) is 7.93. The second-order valence-electron chi connectivity index (χ2n) is 2.64. The van der Waals surface area contributed by atoms with Crippen molar-refractivity contribution in [1.82, 2.24) is 15.1 Å². The second kappa shape index (κ2) is 4.39. The molecule has 0 N–H and O–H groups in total. The van der Waals surface area contributed by atoms with Crippen LogP contribution in [-0.2, 0) is 0 Å². The molecule has 1 rings (SSSR count). The number of hydrogen-bond donors (Lipinski definition) is 0. The quantitative estimate of drug-likeness (QED) is 0.507. The van der Waals surface area contributed by atoms with E-state index in [-0.39, 0.29) is 0 Å². The molecule has 0 amide bonds. The largest absolute Gasteiger partial charge is 0.480 e. The average molecular weight is 180 g/mol. The third-order valence-corrected chi connectivity index (χ3v) is 1.26. The molecule has 0 radical (unpaired) electrons. The molecular formula is C8H12N4O. The number of hydrogen-bond acceptors (Lipinski definition) is 4. The molecule has 70 valence electrons. The molecule has 0 aliphatic heterocycles. The number of ether oxygens (including phenoxy) is 1. The van der Waals surface area contributed by atoms with Gasteiger partial charge in [0.15, 0.2) is 5.82 Å². The summed E-state index contributed by atoms with van der Waals surface area (Å²) < 4.78 is 4.86. The van der Waals surface area contributed by atoms with E-state index in [9.17, 15) is 0 Å². The normalized spacial score (nSPS) is 10.4. The second-order valence-corrected chi connectivity index (χ2v) is 2.64. The molecule has 0 aliphatic rings. The molecule has 0 aromatic carbocycles. The van der Waals surface area contributed by atoms with Crippen LogP contribution in [0.3, 0.4) is 0 Å². The van der Waals surface area contributed by atoms with Gasteiger partial charge in [0.05, 0.1) is 13.4 Å². The van der Waals surface area contributed by atoms with E-state index in [1.54, 1.807) is 25.6 Å². The molecule has 0 spiro atoms. The van der Waals surface area contributed by atoms with Gasteiger partial charge in [-0.05, 0) is 6.07 Å². The molecular weight excluding hydrogens is 168 g/mol. The van der Waals surface area contributed by atoms with Crippen molar-refractivity contribution in [3.63, 3.8) is 0 Å². The maximum Gasteiger partial charge on any atom is 0.233 e. The zero-order chi connectivity index (χ0) is 9.68. The Labute approximate surface area is 77.1 Å².